The summed E-state index contributed by atoms with van der Waals surface area (Å²) in [7, 11) is 1.63. The molecule has 0 saturated carbocycles. The van der Waals surface area contributed by atoms with Gasteiger partial charge < -0.3 is 10.1 Å². The molecule has 0 aliphatic rings. The molecule has 1 rings (SSSR count). The fraction of sp³-hybridized carbons (Fsp3) is 0.571. The number of nitrogens with one attached hydrogen (secondary N) is 1. The molecule has 0 aliphatic heterocycles. The summed E-state index contributed by atoms with van der Waals surface area (Å²) in [6.07, 6.45) is -0.0881. The fourth-order valence-corrected chi connectivity index (χ4v) is 2.14. The molecule has 4 heteroatoms. The molecule has 0 spiro atoms. The Morgan fingerprint density at radius 3 is 2.33 bits per heavy atom. The van der Waals surface area contributed by atoms with Crippen LogP contribution in [0.3, 0.4) is 0 Å². The number of rotatable bonds is 6. The van der Waals surface area contributed by atoms with E-state index in [9.17, 15) is 8.78 Å². The highest BCUT2D eigenvalue weighted by atomic mass is 19.2. The smallest absolute Gasteiger partial charge is 0.159 e. The molecule has 0 heterocycles. The first-order valence-electron chi connectivity index (χ1n) is 6.22. The zero-order valence-corrected chi connectivity index (χ0v) is 11.3. The molecule has 0 bridgehead atoms. The average Bonchev–Trinajstić information content (AvgIpc) is 2.32. The summed E-state index contributed by atoms with van der Waals surface area (Å²) in [5, 5.41) is 3.26. The maximum atomic E-state index is 13.3. The third kappa shape index (κ3) is 3.50. The lowest BCUT2D eigenvalue weighted by Gasteiger charge is -2.30. The fourth-order valence-electron chi connectivity index (χ4n) is 2.14. The van der Waals surface area contributed by atoms with E-state index in [1.807, 2.05) is 20.8 Å². The van der Waals surface area contributed by atoms with Crippen molar-refractivity contribution in [3.63, 3.8) is 0 Å². The monoisotopic (exact) mass is 257 g/mol. The van der Waals surface area contributed by atoms with E-state index in [4.69, 9.17) is 4.74 Å². The third-order valence-corrected chi connectivity index (χ3v) is 2.98. The number of halogens is 2. The van der Waals surface area contributed by atoms with Gasteiger partial charge in [-0.3, -0.25) is 0 Å². The van der Waals surface area contributed by atoms with E-state index in [-0.39, 0.29) is 18.1 Å². The number of hydrogen-bond acceptors (Lipinski definition) is 2. The summed E-state index contributed by atoms with van der Waals surface area (Å²) in [5.74, 6) is -1.38. The summed E-state index contributed by atoms with van der Waals surface area (Å²) >= 11 is 0. The van der Waals surface area contributed by atoms with Crippen LogP contribution < -0.4 is 5.32 Å². The van der Waals surface area contributed by atoms with Crippen molar-refractivity contribution in [3.8, 4) is 0 Å². The van der Waals surface area contributed by atoms with Crippen molar-refractivity contribution in [3.05, 3.63) is 35.4 Å². The topological polar surface area (TPSA) is 21.3 Å². The molecule has 18 heavy (non-hydrogen) atoms. The van der Waals surface area contributed by atoms with E-state index < -0.39 is 11.6 Å². The molecule has 1 N–H and O–H groups in total. The van der Waals surface area contributed by atoms with Crippen LogP contribution in [0.4, 0.5) is 8.78 Å². The Bertz CT molecular complexity index is 382. The molecular weight excluding hydrogens is 236 g/mol. The van der Waals surface area contributed by atoms with E-state index >= 15 is 0 Å². The second-order valence-corrected chi connectivity index (χ2v) is 4.65. The van der Waals surface area contributed by atoms with E-state index in [2.05, 4.69) is 5.32 Å². The van der Waals surface area contributed by atoms with Crippen molar-refractivity contribution in [2.24, 2.45) is 5.92 Å². The lowest BCUT2D eigenvalue weighted by Crippen LogP contribution is -2.36. The zero-order valence-electron chi connectivity index (χ0n) is 11.3. The van der Waals surface area contributed by atoms with Gasteiger partial charge in [-0.2, -0.15) is 0 Å². The molecule has 2 unspecified atom stereocenters. The minimum absolute atomic E-state index is 0.0881. The van der Waals surface area contributed by atoms with E-state index in [1.165, 1.54) is 6.07 Å². The minimum Gasteiger partial charge on any atom is -0.379 e. The van der Waals surface area contributed by atoms with Crippen molar-refractivity contribution >= 4 is 0 Å². The molecule has 1 aromatic carbocycles. The van der Waals surface area contributed by atoms with Crippen LogP contribution in [0.15, 0.2) is 18.2 Å². The molecule has 0 fully saturated rings. The first kappa shape index (κ1) is 15.1. The SMILES string of the molecule is CCNC(c1ccc(F)c(F)c1)C(OC)C(C)C. The first-order chi connectivity index (χ1) is 8.51. The summed E-state index contributed by atoms with van der Waals surface area (Å²) in [4.78, 5) is 0. The molecule has 0 amide bonds. The van der Waals surface area contributed by atoms with Crippen LogP contribution >= 0.6 is 0 Å². The predicted octanol–water partition coefficient (Wildman–Crippen LogP) is 3.29. The summed E-state index contributed by atoms with van der Waals surface area (Å²) in [5.41, 5.74) is 0.705. The largest absolute Gasteiger partial charge is 0.379 e. The molecule has 0 aromatic heterocycles. The Balaban J connectivity index is 3.06. The van der Waals surface area contributed by atoms with Crippen LogP contribution in [0.2, 0.25) is 0 Å². The van der Waals surface area contributed by atoms with Crippen LogP contribution in [0.25, 0.3) is 0 Å². The Hall–Kier alpha value is -1.00. The average molecular weight is 257 g/mol. The normalized spacial score (nSPS) is 14.8. The van der Waals surface area contributed by atoms with Gasteiger partial charge in [0.2, 0.25) is 0 Å². The van der Waals surface area contributed by atoms with Crippen molar-refractivity contribution in [1.82, 2.24) is 5.32 Å². The number of hydrogen-bond donors (Lipinski definition) is 1. The molecule has 102 valence electrons. The quantitative estimate of drug-likeness (QED) is 0.844. The Morgan fingerprint density at radius 1 is 1.22 bits per heavy atom. The van der Waals surface area contributed by atoms with E-state index in [0.29, 0.717) is 5.56 Å². The number of benzene rings is 1. The highest BCUT2D eigenvalue weighted by Gasteiger charge is 2.25. The van der Waals surface area contributed by atoms with Crippen LogP contribution in [-0.4, -0.2) is 19.8 Å². The maximum Gasteiger partial charge on any atom is 0.159 e. The molecule has 2 atom stereocenters. The highest BCUT2D eigenvalue weighted by Crippen LogP contribution is 2.25. The van der Waals surface area contributed by atoms with Crippen LogP contribution in [0, 0.1) is 17.6 Å². The molecule has 0 saturated heterocycles. The number of likely N-dealkylation sites (N-methyl/N-ethyl adjacent to an activating group) is 1. The maximum absolute atomic E-state index is 13.3. The van der Waals surface area contributed by atoms with Gasteiger partial charge in [0.15, 0.2) is 11.6 Å². The Morgan fingerprint density at radius 2 is 1.89 bits per heavy atom. The predicted molar refractivity (Wildman–Crippen MR) is 68.4 cm³/mol. The number of methoxy groups -OCH3 is 1. The Labute approximate surface area is 107 Å². The van der Waals surface area contributed by atoms with Crippen molar-refractivity contribution in [2.45, 2.75) is 32.9 Å². The summed E-state index contributed by atoms with van der Waals surface area (Å²) in [6.45, 7) is 6.78. The van der Waals surface area contributed by atoms with Gasteiger partial charge in [-0.05, 0) is 30.2 Å². The Kier molecular flexibility index (Phi) is 5.69. The standard InChI is InChI=1S/C14H21F2NO/c1-5-17-13(14(18-4)9(2)3)10-6-7-11(15)12(16)8-10/h6-9,13-14,17H,5H2,1-4H3. The van der Waals surface area contributed by atoms with Crippen molar-refractivity contribution in [1.29, 1.82) is 0 Å². The zero-order chi connectivity index (χ0) is 13.7. The lowest BCUT2D eigenvalue weighted by molar-refractivity contribution is 0.0330. The second-order valence-electron chi connectivity index (χ2n) is 4.65. The molecule has 0 radical (unpaired) electrons. The van der Waals surface area contributed by atoms with E-state index in [0.717, 1.165) is 12.6 Å². The van der Waals surface area contributed by atoms with E-state index in [1.54, 1.807) is 13.2 Å². The number of ether oxygens (including phenoxy) is 1. The van der Waals surface area contributed by atoms with Crippen molar-refractivity contribution in [2.75, 3.05) is 13.7 Å². The lowest BCUT2D eigenvalue weighted by atomic mass is 9.93. The summed E-state index contributed by atoms with van der Waals surface area (Å²) < 4.78 is 31.7. The van der Waals surface area contributed by atoms with Crippen LogP contribution in [0.5, 0.6) is 0 Å². The van der Waals surface area contributed by atoms with Gasteiger partial charge in [0.25, 0.3) is 0 Å². The van der Waals surface area contributed by atoms with Gasteiger partial charge in [0.05, 0.1) is 12.1 Å². The van der Waals surface area contributed by atoms with Crippen molar-refractivity contribution < 1.29 is 13.5 Å². The van der Waals surface area contributed by atoms with Gasteiger partial charge in [0, 0.05) is 7.11 Å². The van der Waals surface area contributed by atoms with Gasteiger partial charge in [0.1, 0.15) is 0 Å². The molecule has 2 nitrogen and oxygen atoms in total. The second kappa shape index (κ2) is 6.81. The highest BCUT2D eigenvalue weighted by molar-refractivity contribution is 5.22. The summed E-state index contributed by atoms with van der Waals surface area (Å²) in [6, 6.07) is 3.84. The van der Waals surface area contributed by atoms with Gasteiger partial charge in [-0.1, -0.05) is 26.8 Å². The molecular formula is C14H21F2NO. The first-order valence-corrected chi connectivity index (χ1v) is 6.22. The van der Waals surface area contributed by atoms with Crippen LogP contribution in [-0.2, 0) is 4.74 Å². The minimum atomic E-state index is -0.826. The van der Waals surface area contributed by atoms with Crippen LogP contribution in [0.1, 0.15) is 32.4 Å². The molecule has 0 aliphatic carbocycles. The molecule has 1 aromatic rings. The van der Waals surface area contributed by atoms with Gasteiger partial charge >= 0.3 is 0 Å². The van der Waals surface area contributed by atoms with Gasteiger partial charge in [-0.25, -0.2) is 8.78 Å². The third-order valence-electron chi connectivity index (χ3n) is 2.98. The van der Waals surface area contributed by atoms with Gasteiger partial charge in [-0.15, -0.1) is 0 Å².